The smallest absolute Gasteiger partial charge is 0.0506 e. The number of hydrogen-bond donors (Lipinski definition) is 1. The standard InChI is InChI=1S/C13H26N2O/c1-11-5-6-13(8-14-11)15(2)9-12-4-3-7-16-10-12/h11-14H,3-10H2,1-2H3. The molecule has 2 aliphatic heterocycles. The first-order valence-corrected chi connectivity index (χ1v) is 6.77. The molecule has 2 fully saturated rings. The number of piperidine rings is 1. The zero-order valence-corrected chi connectivity index (χ0v) is 10.7. The van der Waals surface area contributed by atoms with Crippen molar-refractivity contribution >= 4 is 0 Å². The monoisotopic (exact) mass is 226 g/mol. The molecule has 16 heavy (non-hydrogen) atoms. The Morgan fingerprint density at radius 2 is 2.19 bits per heavy atom. The lowest BCUT2D eigenvalue weighted by Gasteiger charge is -2.36. The van der Waals surface area contributed by atoms with Gasteiger partial charge in [0.2, 0.25) is 0 Å². The van der Waals surface area contributed by atoms with Crippen molar-refractivity contribution in [3.63, 3.8) is 0 Å². The van der Waals surface area contributed by atoms with E-state index in [1.807, 2.05) is 0 Å². The molecule has 0 radical (unpaired) electrons. The Bertz CT molecular complexity index is 196. The van der Waals surface area contributed by atoms with Crippen molar-refractivity contribution in [2.24, 2.45) is 5.92 Å². The van der Waals surface area contributed by atoms with Gasteiger partial charge in [-0.3, -0.25) is 0 Å². The van der Waals surface area contributed by atoms with Gasteiger partial charge in [0.25, 0.3) is 0 Å². The maximum atomic E-state index is 5.55. The quantitative estimate of drug-likeness (QED) is 0.789. The van der Waals surface area contributed by atoms with Gasteiger partial charge in [-0.2, -0.15) is 0 Å². The zero-order chi connectivity index (χ0) is 11.4. The fourth-order valence-corrected chi connectivity index (χ4v) is 2.87. The van der Waals surface area contributed by atoms with E-state index in [1.54, 1.807) is 0 Å². The van der Waals surface area contributed by atoms with E-state index in [-0.39, 0.29) is 0 Å². The molecule has 0 aromatic rings. The number of nitrogens with zero attached hydrogens (tertiary/aromatic N) is 1. The predicted molar refractivity (Wildman–Crippen MR) is 66.7 cm³/mol. The fraction of sp³-hybridized carbons (Fsp3) is 1.00. The third kappa shape index (κ3) is 3.44. The summed E-state index contributed by atoms with van der Waals surface area (Å²) in [6.07, 6.45) is 5.26. The van der Waals surface area contributed by atoms with Crippen molar-refractivity contribution < 1.29 is 4.74 Å². The second-order valence-corrected chi connectivity index (χ2v) is 5.56. The molecular weight excluding hydrogens is 200 g/mol. The normalized spacial score (nSPS) is 36.6. The van der Waals surface area contributed by atoms with Gasteiger partial charge in [0.05, 0.1) is 6.61 Å². The van der Waals surface area contributed by atoms with Crippen molar-refractivity contribution in [2.45, 2.75) is 44.7 Å². The largest absolute Gasteiger partial charge is 0.381 e. The molecule has 3 nitrogen and oxygen atoms in total. The van der Waals surface area contributed by atoms with E-state index in [2.05, 4.69) is 24.2 Å². The van der Waals surface area contributed by atoms with Crippen LogP contribution in [0.5, 0.6) is 0 Å². The molecule has 1 N–H and O–H groups in total. The maximum absolute atomic E-state index is 5.55. The van der Waals surface area contributed by atoms with Gasteiger partial charge in [-0.15, -0.1) is 0 Å². The fourth-order valence-electron chi connectivity index (χ4n) is 2.87. The molecule has 3 heteroatoms. The van der Waals surface area contributed by atoms with E-state index in [9.17, 15) is 0 Å². The Balaban J connectivity index is 1.72. The highest BCUT2D eigenvalue weighted by atomic mass is 16.5. The highest BCUT2D eigenvalue weighted by molar-refractivity contribution is 4.81. The minimum Gasteiger partial charge on any atom is -0.381 e. The van der Waals surface area contributed by atoms with Crippen LogP contribution in [-0.4, -0.2) is 50.3 Å². The molecule has 2 saturated heterocycles. The lowest BCUT2D eigenvalue weighted by molar-refractivity contribution is 0.0334. The van der Waals surface area contributed by atoms with E-state index in [0.29, 0.717) is 6.04 Å². The summed E-state index contributed by atoms with van der Waals surface area (Å²) >= 11 is 0. The van der Waals surface area contributed by atoms with Gasteiger partial charge in [0.15, 0.2) is 0 Å². The lowest BCUT2D eigenvalue weighted by atomic mass is 9.97. The molecule has 0 saturated carbocycles. The Hall–Kier alpha value is -0.120. The second kappa shape index (κ2) is 5.99. The first-order valence-electron chi connectivity index (χ1n) is 6.77. The summed E-state index contributed by atoms with van der Waals surface area (Å²) in [6.45, 7) is 6.60. The number of hydrogen-bond acceptors (Lipinski definition) is 3. The number of ether oxygens (including phenoxy) is 1. The summed E-state index contributed by atoms with van der Waals surface area (Å²) in [5, 5.41) is 3.58. The molecule has 3 unspecified atom stereocenters. The average Bonchev–Trinajstić information content (AvgIpc) is 2.31. The molecule has 0 spiro atoms. The number of likely N-dealkylation sites (N-methyl/N-ethyl adjacent to an activating group) is 1. The van der Waals surface area contributed by atoms with Crippen LogP contribution in [0.25, 0.3) is 0 Å². The Morgan fingerprint density at radius 1 is 1.31 bits per heavy atom. The van der Waals surface area contributed by atoms with Crippen molar-refractivity contribution in [2.75, 3.05) is 33.4 Å². The molecule has 0 aromatic carbocycles. The molecule has 0 bridgehead atoms. The van der Waals surface area contributed by atoms with Crippen molar-refractivity contribution in [3.05, 3.63) is 0 Å². The Kier molecular flexibility index (Phi) is 4.62. The molecule has 94 valence electrons. The topological polar surface area (TPSA) is 24.5 Å². The lowest BCUT2D eigenvalue weighted by Crippen LogP contribution is -2.49. The van der Waals surface area contributed by atoms with Crippen LogP contribution in [0.15, 0.2) is 0 Å². The highest BCUT2D eigenvalue weighted by Crippen LogP contribution is 2.18. The van der Waals surface area contributed by atoms with E-state index in [1.165, 1.54) is 32.2 Å². The molecule has 0 amide bonds. The third-order valence-electron chi connectivity index (χ3n) is 4.06. The van der Waals surface area contributed by atoms with Crippen molar-refractivity contribution in [1.82, 2.24) is 10.2 Å². The summed E-state index contributed by atoms with van der Waals surface area (Å²) in [6, 6.07) is 1.45. The zero-order valence-electron chi connectivity index (χ0n) is 10.7. The maximum Gasteiger partial charge on any atom is 0.0506 e. The van der Waals surface area contributed by atoms with Crippen LogP contribution >= 0.6 is 0 Å². The summed E-state index contributed by atoms with van der Waals surface area (Å²) in [7, 11) is 2.27. The average molecular weight is 226 g/mol. The van der Waals surface area contributed by atoms with Gasteiger partial charge in [-0.1, -0.05) is 0 Å². The molecule has 0 aliphatic carbocycles. The summed E-state index contributed by atoms with van der Waals surface area (Å²) in [5.41, 5.74) is 0. The Labute approximate surface area is 99.5 Å². The van der Waals surface area contributed by atoms with Gasteiger partial charge in [0, 0.05) is 31.8 Å². The van der Waals surface area contributed by atoms with Crippen molar-refractivity contribution in [1.29, 1.82) is 0 Å². The van der Waals surface area contributed by atoms with E-state index < -0.39 is 0 Å². The first-order chi connectivity index (χ1) is 7.75. The number of nitrogens with one attached hydrogen (secondary N) is 1. The molecule has 2 rings (SSSR count). The van der Waals surface area contributed by atoms with Crippen LogP contribution in [0.3, 0.4) is 0 Å². The molecule has 0 aromatic heterocycles. The predicted octanol–water partition coefficient (Wildman–Crippen LogP) is 1.49. The number of rotatable bonds is 3. The highest BCUT2D eigenvalue weighted by Gasteiger charge is 2.24. The van der Waals surface area contributed by atoms with Gasteiger partial charge in [0.1, 0.15) is 0 Å². The van der Waals surface area contributed by atoms with Crippen LogP contribution in [0, 0.1) is 5.92 Å². The van der Waals surface area contributed by atoms with E-state index >= 15 is 0 Å². The minimum absolute atomic E-state index is 0.711. The van der Waals surface area contributed by atoms with Crippen LogP contribution in [-0.2, 0) is 4.74 Å². The van der Waals surface area contributed by atoms with Gasteiger partial charge in [-0.25, -0.2) is 0 Å². The Morgan fingerprint density at radius 3 is 2.81 bits per heavy atom. The van der Waals surface area contributed by atoms with Crippen molar-refractivity contribution in [3.8, 4) is 0 Å². The van der Waals surface area contributed by atoms with Gasteiger partial charge >= 0.3 is 0 Å². The molecule has 2 aliphatic rings. The van der Waals surface area contributed by atoms with Crippen LogP contribution < -0.4 is 5.32 Å². The third-order valence-corrected chi connectivity index (χ3v) is 4.06. The van der Waals surface area contributed by atoms with E-state index in [4.69, 9.17) is 4.74 Å². The molecule has 2 heterocycles. The minimum atomic E-state index is 0.711. The van der Waals surface area contributed by atoms with Gasteiger partial charge in [-0.05, 0) is 45.6 Å². The summed E-state index contributed by atoms with van der Waals surface area (Å²) in [5.74, 6) is 0.762. The summed E-state index contributed by atoms with van der Waals surface area (Å²) < 4.78 is 5.55. The van der Waals surface area contributed by atoms with Crippen LogP contribution in [0.4, 0.5) is 0 Å². The van der Waals surface area contributed by atoms with Crippen LogP contribution in [0.1, 0.15) is 32.6 Å². The second-order valence-electron chi connectivity index (χ2n) is 5.56. The molecular formula is C13H26N2O. The SMILES string of the molecule is CC1CCC(N(C)CC2CCCOC2)CN1. The first kappa shape index (κ1) is 12.3. The summed E-state index contributed by atoms with van der Waals surface area (Å²) in [4.78, 5) is 2.54. The van der Waals surface area contributed by atoms with Gasteiger partial charge < -0.3 is 15.0 Å². The van der Waals surface area contributed by atoms with Crippen LogP contribution in [0.2, 0.25) is 0 Å². The van der Waals surface area contributed by atoms with E-state index in [0.717, 1.165) is 31.7 Å². The molecule has 3 atom stereocenters.